The van der Waals surface area contributed by atoms with E-state index in [1.54, 1.807) is 7.11 Å². The fraction of sp³-hybridized carbons (Fsp3) is 0.500. The van der Waals surface area contributed by atoms with Crippen molar-refractivity contribution in [3.05, 3.63) is 35.2 Å². The first-order chi connectivity index (χ1) is 9.26. The van der Waals surface area contributed by atoms with Crippen LogP contribution in [0.3, 0.4) is 0 Å². The summed E-state index contributed by atoms with van der Waals surface area (Å²) in [4.78, 5) is 4.57. The summed E-state index contributed by atoms with van der Waals surface area (Å²) in [5.74, 6) is 0. The molecule has 0 amide bonds. The van der Waals surface area contributed by atoms with E-state index in [0.717, 1.165) is 29.3 Å². The molecule has 0 aliphatic heterocycles. The number of fused-ring (bicyclic) bond motifs is 1. The molecule has 2 unspecified atom stereocenters. The molecule has 2 heterocycles. The summed E-state index contributed by atoms with van der Waals surface area (Å²) in [7, 11) is 1.79. The number of halogens is 1. The Bertz CT molecular complexity index is 569. The van der Waals surface area contributed by atoms with Crippen LogP contribution >= 0.6 is 11.6 Å². The molecular formula is C14H18ClN3O. The van der Waals surface area contributed by atoms with Gasteiger partial charge in [0, 0.05) is 32.1 Å². The van der Waals surface area contributed by atoms with Crippen molar-refractivity contribution in [3.8, 4) is 0 Å². The maximum absolute atomic E-state index is 5.97. The highest BCUT2D eigenvalue weighted by Gasteiger charge is 2.26. The average Bonchev–Trinajstić information content (AvgIpc) is 3.01. The highest BCUT2D eigenvalue weighted by Crippen LogP contribution is 2.21. The van der Waals surface area contributed by atoms with Gasteiger partial charge in [0.1, 0.15) is 5.65 Å². The van der Waals surface area contributed by atoms with Gasteiger partial charge in [0.15, 0.2) is 0 Å². The van der Waals surface area contributed by atoms with Crippen LogP contribution in [0.15, 0.2) is 24.5 Å². The second-order valence-electron chi connectivity index (χ2n) is 5.04. The third kappa shape index (κ3) is 2.76. The Morgan fingerprint density at radius 1 is 1.42 bits per heavy atom. The molecule has 1 aliphatic carbocycles. The minimum Gasteiger partial charge on any atom is -0.380 e. The lowest BCUT2D eigenvalue weighted by Crippen LogP contribution is -2.36. The topological polar surface area (TPSA) is 38.6 Å². The highest BCUT2D eigenvalue weighted by atomic mass is 35.5. The molecule has 0 saturated heterocycles. The van der Waals surface area contributed by atoms with E-state index in [2.05, 4.69) is 10.3 Å². The Labute approximate surface area is 117 Å². The molecule has 1 N–H and O–H groups in total. The summed E-state index contributed by atoms with van der Waals surface area (Å²) in [6, 6.07) is 4.23. The quantitative estimate of drug-likeness (QED) is 0.935. The predicted octanol–water partition coefficient (Wildman–Crippen LogP) is 2.64. The molecule has 1 fully saturated rings. The summed E-state index contributed by atoms with van der Waals surface area (Å²) in [6.07, 6.45) is 7.79. The molecule has 2 aromatic rings. The van der Waals surface area contributed by atoms with Crippen molar-refractivity contribution in [3.63, 3.8) is 0 Å². The number of nitrogens with one attached hydrogen (secondary N) is 1. The zero-order chi connectivity index (χ0) is 13.2. The Morgan fingerprint density at radius 3 is 3.16 bits per heavy atom. The van der Waals surface area contributed by atoms with Gasteiger partial charge in [-0.1, -0.05) is 11.6 Å². The van der Waals surface area contributed by atoms with Crippen molar-refractivity contribution in [1.29, 1.82) is 0 Å². The number of pyridine rings is 1. The van der Waals surface area contributed by atoms with Gasteiger partial charge < -0.3 is 14.5 Å². The Balaban J connectivity index is 1.68. The Morgan fingerprint density at radius 2 is 2.32 bits per heavy atom. The Kier molecular flexibility index (Phi) is 3.73. The first-order valence-corrected chi connectivity index (χ1v) is 7.03. The molecule has 1 aliphatic rings. The number of aromatic nitrogens is 2. The zero-order valence-electron chi connectivity index (χ0n) is 11.0. The summed E-state index contributed by atoms with van der Waals surface area (Å²) in [5.41, 5.74) is 1.96. The highest BCUT2D eigenvalue weighted by molar-refractivity contribution is 6.30. The smallest absolute Gasteiger partial charge is 0.137 e. The van der Waals surface area contributed by atoms with E-state index >= 15 is 0 Å². The molecule has 0 radical (unpaired) electrons. The first kappa shape index (κ1) is 12.9. The average molecular weight is 280 g/mol. The predicted molar refractivity (Wildman–Crippen MR) is 75.5 cm³/mol. The molecule has 3 rings (SSSR count). The summed E-state index contributed by atoms with van der Waals surface area (Å²) < 4.78 is 7.44. The second-order valence-corrected chi connectivity index (χ2v) is 5.47. The molecule has 102 valence electrons. The van der Waals surface area contributed by atoms with Gasteiger partial charge in [0.2, 0.25) is 0 Å². The lowest BCUT2D eigenvalue weighted by Gasteiger charge is -2.18. The number of nitrogens with zero attached hydrogens (tertiary/aromatic N) is 2. The van der Waals surface area contributed by atoms with Gasteiger partial charge in [0.25, 0.3) is 0 Å². The van der Waals surface area contributed by atoms with Crippen LogP contribution in [-0.2, 0) is 11.3 Å². The van der Waals surface area contributed by atoms with E-state index in [9.17, 15) is 0 Å². The SMILES string of the molecule is COC1CCCC1NCc1cn2cc(Cl)ccc2n1. The molecular weight excluding hydrogens is 262 g/mol. The molecule has 0 bridgehead atoms. The summed E-state index contributed by atoms with van der Waals surface area (Å²) in [5, 5.41) is 4.26. The van der Waals surface area contributed by atoms with E-state index in [0.29, 0.717) is 12.1 Å². The van der Waals surface area contributed by atoms with Gasteiger partial charge in [0.05, 0.1) is 16.8 Å². The van der Waals surface area contributed by atoms with E-state index in [-0.39, 0.29) is 0 Å². The maximum atomic E-state index is 5.97. The lowest BCUT2D eigenvalue weighted by molar-refractivity contribution is 0.0846. The number of imidazole rings is 1. The largest absolute Gasteiger partial charge is 0.380 e. The molecule has 5 heteroatoms. The molecule has 19 heavy (non-hydrogen) atoms. The van der Waals surface area contributed by atoms with Gasteiger partial charge in [-0.2, -0.15) is 0 Å². The number of methoxy groups -OCH3 is 1. The van der Waals surface area contributed by atoms with Gasteiger partial charge in [-0.05, 0) is 31.4 Å². The van der Waals surface area contributed by atoms with Gasteiger partial charge in [-0.3, -0.25) is 0 Å². The van der Waals surface area contributed by atoms with Crippen LogP contribution in [0, 0.1) is 0 Å². The van der Waals surface area contributed by atoms with Crippen LogP contribution in [0.5, 0.6) is 0 Å². The summed E-state index contributed by atoms with van der Waals surface area (Å²) in [6.45, 7) is 0.768. The molecule has 2 aromatic heterocycles. The van der Waals surface area contributed by atoms with Crippen LogP contribution in [0.4, 0.5) is 0 Å². The standard InChI is InChI=1S/C14H18ClN3O/c1-19-13-4-2-3-12(13)16-7-11-9-18-8-10(15)5-6-14(18)17-11/h5-6,8-9,12-13,16H,2-4,7H2,1H3. The van der Waals surface area contributed by atoms with Crippen molar-refractivity contribution in [2.45, 2.75) is 38.0 Å². The van der Waals surface area contributed by atoms with Gasteiger partial charge >= 0.3 is 0 Å². The maximum Gasteiger partial charge on any atom is 0.137 e. The van der Waals surface area contributed by atoms with Crippen molar-refractivity contribution < 1.29 is 4.74 Å². The summed E-state index contributed by atoms with van der Waals surface area (Å²) >= 11 is 5.97. The van der Waals surface area contributed by atoms with Crippen molar-refractivity contribution in [2.24, 2.45) is 0 Å². The molecule has 4 nitrogen and oxygen atoms in total. The minimum absolute atomic E-state index is 0.339. The number of ether oxygens (including phenoxy) is 1. The van der Waals surface area contributed by atoms with E-state index in [1.165, 1.54) is 12.8 Å². The molecule has 0 aromatic carbocycles. The normalized spacial score (nSPS) is 23.3. The molecule has 0 spiro atoms. The van der Waals surface area contributed by atoms with Crippen LogP contribution in [0.2, 0.25) is 5.02 Å². The fourth-order valence-corrected chi connectivity index (χ4v) is 2.95. The fourth-order valence-electron chi connectivity index (χ4n) is 2.78. The third-order valence-electron chi connectivity index (χ3n) is 3.77. The Hall–Kier alpha value is -1.10. The van der Waals surface area contributed by atoms with Gasteiger partial charge in [-0.25, -0.2) is 4.98 Å². The van der Waals surface area contributed by atoms with Crippen LogP contribution in [0.1, 0.15) is 25.0 Å². The molecule has 2 atom stereocenters. The van der Waals surface area contributed by atoms with Crippen molar-refractivity contribution in [1.82, 2.24) is 14.7 Å². The zero-order valence-corrected chi connectivity index (χ0v) is 11.7. The van der Waals surface area contributed by atoms with Crippen molar-refractivity contribution in [2.75, 3.05) is 7.11 Å². The number of rotatable bonds is 4. The van der Waals surface area contributed by atoms with E-state index < -0.39 is 0 Å². The van der Waals surface area contributed by atoms with Gasteiger partial charge in [-0.15, -0.1) is 0 Å². The minimum atomic E-state index is 0.339. The van der Waals surface area contributed by atoms with Crippen LogP contribution in [0.25, 0.3) is 5.65 Å². The second kappa shape index (κ2) is 5.49. The van der Waals surface area contributed by atoms with Crippen LogP contribution in [-0.4, -0.2) is 28.6 Å². The monoisotopic (exact) mass is 279 g/mol. The van der Waals surface area contributed by atoms with Crippen LogP contribution < -0.4 is 5.32 Å². The third-order valence-corrected chi connectivity index (χ3v) is 3.99. The van der Waals surface area contributed by atoms with E-state index in [4.69, 9.17) is 16.3 Å². The number of hydrogen-bond donors (Lipinski definition) is 1. The van der Waals surface area contributed by atoms with E-state index in [1.807, 2.05) is 28.9 Å². The number of hydrogen-bond acceptors (Lipinski definition) is 3. The molecule has 1 saturated carbocycles. The van der Waals surface area contributed by atoms with Crippen molar-refractivity contribution >= 4 is 17.2 Å². The first-order valence-electron chi connectivity index (χ1n) is 6.65. The lowest BCUT2D eigenvalue weighted by atomic mass is 10.2.